The zero-order chi connectivity index (χ0) is 12.7. The fraction of sp³-hybridized carbons (Fsp3) is 0.357. The van der Waals surface area contributed by atoms with Crippen molar-refractivity contribution in [1.82, 2.24) is 5.32 Å². The maximum Gasteiger partial charge on any atom is 0.324 e. The van der Waals surface area contributed by atoms with Gasteiger partial charge in [-0.15, -0.1) is 0 Å². The third-order valence-corrected chi connectivity index (χ3v) is 2.58. The van der Waals surface area contributed by atoms with Crippen molar-refractivity contribution in [3.8, 4) is 0 Å². The Balaban J connectivity index is 2.56. The van der Waals surface area contributed by atoms with E-state index in [2.05, 4.69) is 11.9 Å². The van der Waals surface area contributed by atoms with Crippen LogP contribution in [0.4, 0.5) is 0 Å². The van der Waals surface area contributed by atoms with Gasteiger partial charge in [0.05, 0.1) is 0 Å². The Bertz CT molecular complexity index is 373. The summed E-state index contributed by atoms with van der Waals surface area (Å²) in [6.45, 7) is 6.39. The number of carbonyl (C=O) groups is 1. The van der Waals surface area contributed by atoms with E-state index in [0.717, 1.165) is 24.0 Å². The number of hydrogen-bond acceptors (Lipinski definition) is 2. The first-order valence-corrected chi connectivity index (χ1v) is 5.83. The van der Waals surface area contributed by atoms with E-state index >= 15 is 0 Å². The summed E-state index contributed by atoms with van der Waals surface area (Å²) in [5.41, 5.74) is 1.80. The van der Waals surface area contributed by atoms with Crippen LogP contribution in [0.25, 0.3) is 0 Å². The van der Waals surface area contributed by atoms with Crippen LogP contribution < -0.4 is 5.32 Å². The van der Waals surface area contributed by atoms with E-state index in [1.165, 1.54) is 0 Å². The lowest BCUT2D eigenvalue weighted by Crippen LogP contribution is -2.37. The SMILES string of the molecule is C=C(CCC)[C@H](NCc1ccccc1)C(=O)O. The van der Waals surface area contributed by atoms with Crippen molar-refractivity contribution >= 4 is 5.97 Å². The second kappa shape index (κ2) is 6.86. The van der Waals surface area contributed by atoms with Crippen LogP contribution in [0.3, 0.4) is 0 Å². The highest BCUT2D eigenvalue weighted by atomic mass is 16.4. The molecule has 0 unspecified atom stereocenters. The minimum absolute atomic E-state index is 0.542. The maximum atomic E-state index is 11.1. The fourth-order valence-electron chi connectivity index (χ4n) is 1.69. The lowest BCUT2D eigenvalue weighted by atomic mass is 10.0. The molecule has 1 aromatic carbocycles. The Kier molecular flexibility index (Phi) is 5.43. The van der Waals surface area contributed by atoms with Crippen molar-refractivity contribution in [2.24, 2.45) is 0 Å². The average molecular weight is 233 g/mol. The molecule has 0 amide bonds. The van der Waals surface area contributed by atoms with Crippen molar-refractivity contribution in [2.75, 3.05) is 0 Å². The van der Waals surface area contributed by atoms with Crippen molar-refractivity contribution in [2.45, 2.75) is 32.4 Å². The Morgan fingerprint density at radius 1 is 1.41 bits per heavy atom. The molecule has 0 saturated heterocycles. The Morgan fingerprint density at radius 3 is 2.59 bits per heavy atom. The van der Waals surface area contributed by atoms with E-state index in [4.69, 9.17) is 5.11 Å². The van der Waals surface area contributed by atoms with Crippen LogP contribution in [0.15, 0.2) is 42.5 Å². The third kappa shape index (κ3) is 4.41. The fourth-order valence-corrected chi connectivity index (χ4v) is 1.69. The van der Waals surface area contributed by atoms with Crippen LogP contribution in [0, 0.1) is 0 Å². The summed E-state index contributed by atoms with van der Waals surface area (Å²) in [6.07, 6.45) is 1.65. The third-order valence-electron chi connectivity index (χ3n) is 2.58. The monoisotopic (exact) mass is 233 g/mol. The van der Waals surface area contributed by atoms with E-state index in [1.807, 2.05) is 37.3 Å². The predicted molar refractivity (Wildman–Crippen MR) is 68.8 cm³/mol. The molecule has 3 nitrogen and oxygen atoms in total. The number of nitrogens with one attached hydrogen (secondary N) is 1. The highest BCUT2D eigenvalue weighted by molar-refractivity contribution is 5.77. The molecule has 92 valence electrons. The molecule has 0 heterocycles. The molecular weight excluding hydrogens is 214 g/mol. The topological polar surface area (TPSA) is 49.3 Å². The van der Waals surface area contributed by atoms with Gasteiger partial charge < -0.3 is 5.11 Å². The molecule has 0 aliphatic carbocycles. The summed E-state index contributed by atoms with van der Waals surface area (Å²) in [5, 5.41) is 12.1. The summed E-state index contributed by atoms with van der Waals surface area (Å²) in [5.74, 6) is -0.862. The van der Waals surface area contributed by atoms with Crippen molar-refractivity contribution in [1.29, 1.82) is 0 Å². The molecule has 1 atom stereocenters. The summed E-state index contributed by atoms with van der Waals surface area (Å²) in [7, 11) is 0. The molecular formula is C14H19NO2. The van der Waals surface area contributed by atoms with Gasteiger partial charge in [-0.25, -0.2) is 0 Å². The summed E-state index contributed by atoms with van der Waals surface area (Å²) >= 11 is 0. The van der Waals surface area contributed by atoms with Gasteiger partial charge in [0.25, 0.3) is 0 Å². The number of aliphatic carboxylic acids is 1. The zero-order valence-corrected chi connectivity index (χ0v) is 10.1. The number of carboxylic acids is 1. The minimum atomic E-state index is -0.862. The van der Waals surface area contributed by atoms with Gasteiger partial charge in [0.1, 0.15) is 6.04 Å². The van der Waals surface area contributed by atoms with Gasteiger partial charge in [0, 0.05) is 6.54 Å². The Hall–Kier alpha value is -1.61. The second-order valence-electron chi connectivity index (χ2n) is 4.05. The van der Waals surface area contributed by atoms with Crippen LogP contribution in [0.5, 0.6) is 0 Å². The van der Waals surface area contributed by atoms with E-state index in [9.17, 15) is 4.79 Å². The molecule has 0 saturated carbocycles. The van der Waals surface area contributed by atoms with E-state index in [1.54, 1.807) is 0 Å². The van der Waals surface area contributed by atoms with E-state index in [-0.39, 0.29) is 0 Å². The van der Waals surface area contributed by atoms with Gasteiger partial charge in [0.2, 0.25) is 0 Å². The standard InChI is InChI=1S/C14H19NO2/c1-3-7-11(2)13(14(16)17)15-10-12-8-5-4-6-9-12/h4-6,8-9,13,15H,2-3,7,10H2,1H3,(H,16,17)/t13-/m0/s1. The molecule has 17 heavy (non-hydrogen) atoms. The van der Waals surface area contributed by atoms with Crippen LogP contribution in [0.1, 0.15) is 25.3 Å². The van der Waals surface area contributed by atoms with Gasteiger partial charge in [-0.1, -0.05) is 50.3 Å². The molecule has 1 rings (SSSR count). The minimum Gasteiger partial charge on any atom is -0.480 e. The number of rotatable bonds is 7. The van der Waals surface area contributed by atoms with Crippen molar-refractivity contribution in [3.05, 3.63) is 48.0 Å². The summed E-state index contributed by atoms with van der Waals surface area (Å²) in [4.78, 5) is 11.1. The number of hydrogen-bond donors (Lipinski definition) is 2. The average Bonchev–Trinajstić information content (AvgIpc) is 2.30. The van der Waals surface area contributed by atoms with Gasteiger partial charge in [-0.2, -0.15) is 0 Å². The number of benzene rings is 1. The summed E-state index contributed by atoms with van der Waals surface area (Å²) in [6, 6.07) is 9.09. The molecule has 3 heteroatoms. The molecule has 0 spiro atoms. The van der Waals surface area contributed by atoms with Gasteiger partial charge in [-0.05, 0) is 17.6 Å². The molecule has 2 N–H and O–H groups in total. The quantitative estimate of drug-likeness (QED) is 0.712. The molecule has 0 bridgehead atoms. The van der Waals surface area contributed by atoms with Crippen LogP contribution in [-0.4, -0.2) is 17.1 Å². The largest absolute Gasteiger partial charge is 0.480 e. The Labute approximate surface area is 102 Å². The molecule has 0 radical (unpaired) electrons. The van der Waals surface area contributed by atoms with Crippen LogP contribution in [-0.2, 0) is 11.3 Å². The van der Waals surface area contributed by atoms with Gasteiger partial charge in [0.15, 0.2) is 0 Å². The van der Waals surface area contributed by atoms with Gasteiger partial charge >= 0.3 is 5.97 Å². The first kappa shape index (κ1) is 13.5. The normalized spacial score (nSPS) is 12.1. The highest BCUT2D eigenvalue weighted by Crippen LogP contribution is 2.09. The number of carboxylic acid groups (broad SMARTS) is 1. The molecule has 0 aliphatic heterocycles. The Morgan fingerprint density at radius 2 is 2.06 bits per heavy atom. The van der Waals surface area contributed by atoms with Crippen molar-refractivity contribution in [3.63, 3.8) is 0 Å². The lowest BCUT2D eigenvalue weighted by molar-refractivity contribution is -0.138. The van der Waals surface area contributed by atoms with E-state index < -0.39 is 12.0 Å². The molecule has 1 aromatic rings. The van der Waals surface area contributed by atoms with Crippen LogP contribution in [0.2, 0.25) is 0 Å². The first-order chi connectivity index (χ1) is 8.15. The van der Waals surface area contributed by atoms with E-state index in [0.29, 0.717) is 6.54 Å². The lowest BCUT2D eigenvalue weighted by Gasteiger charge is -2.16. The molecule has 0 fully saturated rings. The second-order valence-corrected chi connectivity index (χ2v) is 4.05. The zero-order valence-electron chi connectivity index (χ0n) is 10.1. The first-order valence-electron chi connectivity index (χ1n) is 5.83. The maximum absolute atomic E-state index is 11.1. The highest BCUT2D eigenvalue weighted by Gasteiger charge is 2.19. The summed E-state index contributed by atoms with van der Waals surface area (Å²) < 4.78 is 0. The smallest absolute Gasteiger partial charge is 0.324 e. The van der Waals surface area contributed by atoms with Crippen LogP contribution >= 0.6 is 0 Å². The molecule has 0 aliphatic rings. The predicted octanol–water partition coefficient (Wildman–Crippen LogP) is 2.59. The van der Waals surface area contributed by atoms with Crippen molar-refractivity contribution < 1.29 is 9.90 Å². The molecule has 0 aromatic heterocycles. The van der Waals surface area contributed by atoms with Gasteiger partial charge in [-0.3, -0.25) is 10.1 Å².